The highest BCUT2D eigenvalue weighted by Crippen LogP contribution is 2.33. The third-order valence-corrected chi connectivity index (χ3v) is 4.41. The molecule has 1 N–H and O–H groups in total. The summed E-state index contributed by atoms with van der Waals surface area (Å²) in [5.41, 5.74) is 0.230. The fourth-order valence-electron chi connectivity index (χ4n) is 2.81. The van der Waals surface area contributed by atoms with Gasteiger partial charge in [-0.2, -0.15) is 0 Å². The third kappa shape index (κ3) is 5.41. The van der Waals surface area contributed by atoms with Crippen molar-refractivity contribution in [2.24, 2.45) is 5.92 Å². The van der Waals surface area contributed by atoms with Gasteiger partial charge in [0, 0.05) is 31.3 Å². The number of methoxy groups -OCH3 is 1. The fourth-order valence-corrected chi connectivity index (χ4v) is 2.81. The Labute approximate surface area is 120 Å². The lowest BCUT2D eigenvalue weighted by Crippen LogP contribution is -2.55. The standard InChI is InChI=1S/C16H34N2O/c1-7-13(2)18(10-11-19-6)15-9-8-14(15)12-17-16(3,4)5/h13-15,17H,7-12H2,1-6H3. The molecule has 1 saturated carbocycles. The first-order chi connectivity index (χ1) is 8.89. The van der Waals surface area contributed by atoms with Crippen molar-refractivity contribution in [3.63, 3.8) is 0 Å². The van der Waals surface area contributed by atoms with Crippen LogP contribution in [0, 0.1) is 5.92 Å². The zero-order valence-electron chi connectivity index (χ0n) is 13.8. The van der Waals surface area contributed by atoms with Crippen LogP contribution in [0.1, 0.15) is 53.9 Å². The Kier molecular flexibility index (Phi) is 6.78. The highest BCUT2D eigenvalue weighted by molar-refractivity contribution is 4.92. The second-order valence-corrected chi connectivity index (χ2v) is 7.02. The number of nitrogens with zero attached hydrogens (tertiary/aromatic N) is 1. The molecule has 0 heterocycles. The van der Waals surface area contributed by atoms with E-state index in [1.54, 1.807) is 7.11 Å². The van der Waals surface area contributed by atoms with Crippen LogP contribution >= 0.6 is 0 Å². The van der Waals surface area contributed by atoms with Crippen molar-refractivity contribution in [1.29, 1.82) is 0 Å². The van der Waals surface area contributed by atoms with E-state index in [1.807, 2.05) is 0 Å². The zero-order valence-corrected chi connectivity index (χ0v) is 13.8. The number of hydrogen-bond donors (Lipinski definition) is 1. The molecule has 19 heavy (non-hydrogen) atoms. The van der Waals surface area contributed by atoms with E-state index < -0.39 is 0 Å². The Hall–Kier alpha value is -0.120. The molecule has 0 amide bonds. The second kappa shape index (κ2) is 7.61. The lowest BCUT2D eigenvalue weighted by atomic mass is 9.77. The van der Waals surface area contributed by atoms with Crippen LogP contribution in [0.15, 0.2) is 0 Å². The predicted molar refractivity (Wildman–Crippen MR) is 82.6 cm³/mol. The van der Waals surface area contributed by atoms with E-state index in [2.05, 4.69) is 44.8 Å². The maximum Gasteiger partial charge on any atom is 0.0589 e. The van der Waals surface area contributed by atoms with Crippen molar-refractivity contribution in [1.82, 2.24) is 10.2 Å². The summed E-state index contributed by atoms with van der Waals surface area (Å²) in [5.74, 6) is 0.810. The van der Waals surface area contributed by atoms with Gasteiger partial charge in [-0.05, 0) is 59.4 Å². The summed E-state index contributed by atoms with van der Waals surface area (Å²) >= 11 is 0. The summed E-state index contributed by atoms with van der Waals surface area (Å²) in [6, 6.07) is 1.41. The van der Waals surface area contributed by atoms with Gasteiger partial charge in [0.25, 0.3) is 0 Å². The van der Waals surface area contributed by atoms with Crippen LogP contribution in [0.2, 0.25) is 0 Å². The Morgan fingerprint density at radius 3 is 2.42 bits per heavy atom. The number of hydrogen-bond acceptors (Lipinski definition) is 3. The van der Waals surface area contributed by atoms with Crippen LogP contribution in [-0.2, 0) is 4.74 Å². The van der Waals surface area contributed by atoms with Gasteiger partial charge < -0.3 is 10.1 Å². The quantitative estimate of drug-likeness (QED) is 0.734. The molecule has 0 saturated heterocycles. The predicted octanol–water partition coefficient (Wildman–Crippen LogP) is 2.90. The highest BCUT2D eigenvalue weighted by Gasteiger charge is 2.37. The molecule has 0 radical (unpaired) electrons. The van der Waals surface area contributed by atoms with E-state index >= 15 is 0 Å². The molecule has 3 heteroatoms. The Morgan fingerprint density at radius 2 is 2.00 bits per heavy atom. The molecule has 1 fully saturated rings. The van der Waals surface area contributed by atoms with E-state index in [-0.39, 0.29) is 5.54 Å². The van der Waals surface area contributed by atoms with Gasteiger partial charge in [0.05, 0.1) is 6.61 Å². The molecule has 3 atom stereocenters. The van der Waals surface area contributed by atoms with Gasteiger partial charge in [-0.3, -0.25) is 4.90 Å². The minimum absolute atomic E-state index is 0.230. The smallest absolute Gasteiger partial charge is 0.0589 e. The van der Waals surface area contributed by atoms with Crippen molar-refractivity contribution in [2.75, 3.05) is 26.8 Å². The topological polar surface area (TPSA) is 24.5 Å². The first-order valence-electron chi connectivity index (χ1n) is 7.88. The molecule has 1 aliphatic rings. The third-order valence-electron chi connectivity index (χ3n) is 4.41. The van der Waals surface area contributed by atoms with E-state index in [4.69, 9.17) is 4.74 Å². The Bertz CT molecular complexity index is 250. The van der Waals surface area contributed by atoms with Crippen LogP contribution in [0.25, 0.3) is 0 Å². The van der Waals surface area contributed by atoms with Crippen LogP contribution in [-0.4, -0.2) is 49.3 Å². The monoisotopic (exact) mass is 270 g/mol. The SMILES string of the molecule is CCC(C)N(CCOC)C1CCC1CNC(C)(C)C. The maximum absolute atomic E-state index is 5.28. The highest BCUT2D eigenvalue weighted by atomic mass is 16.5. The molecule has 0 aliphatic heterocycles. The largest absolute Gasteiger partial charge is 0.383 e. The summed E-state index contributed by atoms with van der Waals surface area (Å²) in [6.45, 7) is 14.4. The first-order valence-corrected chi connectivity index (χ1v) is 7.88. The van der Waals surface area contributed by atoms with E-state index in [1.165, 1.54) is 19.3 Å². The molecule has 0 spiro atoms. The van der Waals surface area contributed by atoms with E-state index in [0.717, 1.165) is 31.7 Å². The Morgan fingerprint density at radius 1 is 1.32 bits per heavy atom. The normalized spacial score (nSPS) is 25.4. The fraction of sp³-hybridized carbons (Fsp3) is 1.00. The lowest BCUT2D eigenvalue weighted by Gasteiger charge is -2.47. The van der Waals surface area contributed by atoms with Gasteiger partial charge >= 0.3 is 0 Å². The lowest BCUT2D eigenvalue weighted by molar-refractivity contribution is 0.0110. The van der Waals surface area contributed by atoms with Crippen LogP contribution in [0.3, 0.4) is 0 Å². The molecule has 0 bridgehead atoms. The molecule has 1 rings (SSSR count). The molecular formula is C16H34N2O. The van der Waals surface area contributed by atoms with Crippen molar-refractivity contribution in [2.45, 2.75) is 71.5 Å². The number of ether oxygens (including phenoxy) is 1. The molecule has 0 aromatic rings. The van der Waals surface area contributed by atoms with Crippen molar-refractivity contribution < 1.29 is 4.74 Å². The van der Waals surface area contributed by atoms with Gasteiger partial charge in [0.2, 0.25) is 0 Å². The zero-order chi connectivity index (χ0) is 14.5. The summed E-state index contributed by atoms with van der Waals surface area (Å²) in [6.07, 6.45) is 3.94. The molecule has 3 nitrogen and oxygen atoms in total. The van der Waals surface area contributed by atoms with E-state index in [0.29, 0.717) is 6.04 Å². The van der Waals surface area contributed by atoms with Gasteiger partial charge in [-0.15, -0.1) is 0 Å². The summed E-state index contributed by atoms with van der Waals surface area (Å²) in [4.78, 5) is 2.67. The van der Waals surface area contributed by atoms with Crippen LogP contribution < -0.4 is 5.32 Å². The van der Waals surface area contributed by atoms with Gasteiger partial charge in [0.1, 0.15) is 0 Å². The van der Waals surface area contributed by atoms with Crippen molar-refractivity contribution >= 4 is 0 Å². The van der Waals surface area contributed by atoms with Crippen LogP contribution in [0.5, 0.6) is 0 Å². The molecule has 3 unspecified atom stereocenters. The van der Waals surface area contributed by atoms with Crippen LogP contribution in [0.4, 0.5) is 0 Å². The summed E-state index contributed by atoms with van der Waals surface area (Å²) < 4.78 is 5.28. The minimum Gasteiger partial charge on any atom is -0.383 e. The number of rotatable bonds is 8. The molecule has 0 aromatic carbocycles. The Balaban J connectivity index is 2.49. The summed E-state index contributed by atoms with van der Waals surface area (Å²) in [5, 5.41) is 3.66. The first kappa shape index (κ1) is 16.9. The average Bonchev–Trinajstić information content (AvgIpc) is 2.30. The van der Waals surface area contributed by atoms with Crippen molar-refractivity contribution in [3.8, 4) is 0 Å². The number of nitrogens with one attached hydrogen (secondary N) is 1. The van der Waals surface area contributed by atoms with E-state index in [9.17, 15) is 0 Å². The molecular weight excluding hydrogens is 236 g/mol. The molecule has 114 valence electrons. The average molecular weight is 270 g/mol. The summed E-state index contributed by atoms with van der Waals surface area (Å²) in [7, 11) is 1.80. The minimum atomic E-state index is 0.230. The van der Waals surface area contributed by atoms with Gasteiger partial charge in [0.15, 0.2) is 0 Å². The van der Waals surface area contributed by atoms with Crippen molar-refractivity contribution in [3.05, 3.63) is 0 Å². The maximum atomic E-state index is 5.28. The molecule has 0 aromatic heterocycles. The van der Waals surface area contributed by atoms with Gasteiger partial charge in [-0.1, -0.05) is 6.92 Å². The molecule has 1 aliphatic carbocycles. The van der Waals surface area contributed by atoms with Gasteiger partial charge in [-0.25, -0.2) is 0 Å². The second-order valence-electron chi connectivity index (χ2n) is 7.02.